The smallest absolute Gasteiger partial charge is 0.226 e. The summed E-state index contributed by atoms with van der Waals surface area (Å²) in [5.74, 6) is 1.82. The lowest BCUT2D eigenvalue weighted by Gasteiger charge is -2.35. The third-order valence-corrected chi connectivity index (χ3v) is 4.56. The van der Waals surface area contributed by atoms with Gasteiger partial charge in [-0.25, -0.2) is 4.98 Å². The molecule has 3 rings (SSSR count). The predicted molar refractivity (Wildman–Crippen MR) is 102 cm³/mol. The lowest BCUT2D eigenvalue weighted by Crippen LogP contribution is -2.47. The van der Waals surface area contributed by atoms with E-state index in [9.17, 15) is 0 Å². The zero-order chi connectivity index (χ0) is 17.8. The van der Waals surface area contributed by atoms with E-state index in [0.29, 0.717) is 0 Å². The van der Waals surface area contributed by atoms with Crippen molar-refractivity contribution >= 4 is 11.8 Å². The molecule has 6 heteroatoms. The number of piperazine rings is 1. The van der Waals surface area contributed by atoms with Crippen LogP contribution in [0.4, 0.5) is 11.8 Å². The molecule has 0 saturated carbocycles. The van der Waals surface area contributed by atoms with Crippen LogP contribution in [0.1, 0.15) is 17.1 Å². The minimum absolute atomic E-state index is 0.781. The van der Waals surface area contributed by atoms with Gasteiger partial charge in [-0.15, -0.1) is 0 Å². The molecular weight excluding hydrogens is 312 g/mol. The van der Waals surface area contributed by atoms with Gasteiger partial charge in [-0.3, -0.25) is 9.88 Å². The Morgan fingerprint density at radius 1 is 0.960 bits per heavy atom. The van der Waals surface area contributed by atoms with E-state index in [0.717, 1.165) is 62.3 Å². The van der Waals surface area contributed by atoms with Crippen LogP contribution in [0.2, 0.25) is 0 Å². The van der Waals surface area contributed by atoms with Crippen molar-refractivity contribution in [3.05, 3.63) is 41.3 Å². The second-order valence-corrected chi connectivity index (χ2v) is 6.91. The number of aryl methyl sites for hydroxylation is 2. The highest BCUT2D eigenvalue weighted by atomic mass is 15.3. The van der Waals surface area contributed by atoms with Gasteiger partial charge in [0.2, 0.25) is 5.95 Å². The Balaban J connectivity index is 1.55. The minimum Gasteiger partial charge on any atom is -0.354 e. The van der Waals surface area contributed by atoms with E-state index in [4.69, 9.17) is 4.98 Å². The van der Waals surface area contributed by atoms with Crippen molar-refractivity contribution in [3.63, 3.8) is 0 Å². The minimum atomic E-state index is 0.781. The molecular formula is C19H28N6. The Morgan fingerprint density at radius 2 is 1.72 bits per heavy atom. The predicted octanol–water partition coefficient (Wildman–Crippen LogP) is 1.92. The van der Waals surface area contributed by atoms with Gasteiger partial charge in [0.1, 0.15) is 5.82 Å². The third kappa shape index (κ3) is 4.66. The second-order valence-electron chi connectivity index (χ2n) is 6.91. The highest BCUT2D eigenvalue weighted by Gasteiger charge is 2.19. The maximum atomic E-state index is 4.70. The molecule has 0 atom stereocenters. The second kappa shape index (κ2) is 7.78. The monoisotopic (exact) mass is 340 g/mol. The van der Waals surface area contributed by atoms with Crippen LogP contribution in [0.15, 0.2) is 24.3 Å². The maximum Gasteiger partial charge on any atom is 0.226 e. The average molecular weight is 340 g/mol. The fraction of sp³-hybridized carbons (Fsp3) is 0.526. The summed E-state index contributed by atoms with van der Waals surface area (Å²) in [5.41, 5.74) is 3.30. The summed E-state index contributed by atoms with van der Waals surface area (Å²) in [6.07, 6.45) is 1.01. The lowest BCUT2D eigenvalue weighted by atomic mass is 10.2. The van der Waals surface area contributed by atoms with E-state index < -0.39 is 0 Å². The Labute approximate surface area is 150 Å². The normalized spacial score (nSPS) is 15.4. The molecule has 2 aromatic rings. The quantitative estimate of drug-likeness (QED) is 0.829. The van der Waals surface area contributed by atoms with E-state index in [2.05, 4.69) is 38.0 Å². The first-order valence-corrected chi connectivity index (χ1v) is 8.94. The molecule has 25 heavy (non-hydrogen) atoms. The van der Waals surface area contributed by atoms with Gasteiger partial charge >= 0.3 is 0 Å². The zero-order valence-corrected chi connectivity index (χ0v) is 15.7. The van der Waals surface area contributed by atoms with E-state index in [1.165, 1.54) is 5.69 Å². The zero-order valence-electron chi connectivity index (χ0n) is 15.7. The molecule has 0 amide bonds. The van der Waals surface area contributed by atoms with Crippen LogP contribution in [0.3, 0.4) is 0 Å². The highest BCUT2D eigenvalue weighted by Crippen LogP contribution is 2.18. The topological polar surface area (TPSA) is 48.4 Å². The van der Waals surface area contributed by atoms with Gasteiger partial charge < -0.3 is 9.80 Å². The van der Waals surface area contributed by atoms with Gasteiger partial charge in [0.25, 0.3) is 0 Å². The van der Waals surface area contributed by atoms with Crippen molar-refractivity contribution in [1.29, 1.82) is 0 Å². The van der Waals surface area contributed by atoms with Crippen LogP contribution < -0.4 is 9.80 Å². The molecule has 0 unspecified atom stereocenters. The molecule has 0 radical (unpaired) electrons. The fourth-order valence-electron chi connectivity index (χ4n) is 3.11. The SMILES string of the molecule is Cc1cccc(CCN2CCN(c3cc(C)nc(N(C)C)n3)CC2)n1. The molecule has 0 bridgehead atoms. The molecule has 134 valence electrons. The first-order chi connectivity index (χ1) is 12.0. The number of hydrogen-bond donors (Lipinski definition) is 0. The Morgan fingerprint density at radius 3 is 2.40 bits per heavy atom. The molecule has 0 N–H and O–H groups in total. The number of hydrogen-bond acceptors (Lipinski definition) is 6. The molecule has 3 heterocycles. The first-order valence-electron chi connectivity index (χ1n) is 8.94. The van der Waals surface area contributed by atoms with Gasteiger partial charge in [-0.1, -0.05) is 6.07 Å². The molecule has 1 saturated heterocycles. The van der Waals surface area contributed by atoms with Crippen LogP contribution in [0.25, 0.3) is 0 Å². The summed E-state index contributed by atoms with van der Waals surface area (Å²) in [4.78, 5) is 20.6. The lowest BCUT2D eigenvalue weighted by molar-refractivity contribution is 0.259. The van der Waals surface area contributed by atoms with Crippen molar-refractivity contribution in [1.82, 2.24) is 19.9 Å². The maximum absolute atomic E-state index is 4.70. The van der Waals surface area contributed by atoms with Crippen LogP contribution in [-0.2, 0) is 6.42 Å². The van der Waals surface area contributed by atoms with E-state index >= 15 is 0 Å². The van der Waals surface area contributed by atoms with Crippen molar-refractivity contribution in [2.45, 2.75) is 20.3 Å². The van der Waals surface area contributed by atoms with E-state index in [1.54, 1.807) is 0 Å². The highest BCUT2D eigenvalue weighted by molar-refractivity contribution is 5.45. The van der Waals surface area contributed by atoms with Crippen molar-refractivity contribution in [2.75, 3.05) is 56.6 Å². The Kier molecular flexibility index (Phi) is 5.48. The number of aromatic nitrogens is 3. The van der Waals surface area contributed by atoms with Gasteiger partial charge in [-0.2, -0.15) is 4.98 Å². The summed E-state index contributed by atoms with van der Waals surface area (Å²) in [6.45, 7) is 9.28. The van der Waals surface area contributed by atoms with Gasteiger partial charge in [0, 0.05) is 76.4 Å². The molecule has 1 fully saturated rings. The molecule has 0 aromatic carbocycles. The van der Waals surface area contributed by atoms with Crippen LogP contribution in [0, 0.1) is 13.8 Å². The fourth-order valence-corrected chi connectivity index (χ4v) is 3.11. The third-order valence-electron chi connectivity index (χ3n) is 4.56. The average Bonchev–Trinajstić information content (AvgIpc) is 2.60. The summed E-state index contributed by atoms with van der Waals surface area (Å²) in [7, 11) is 3.96. The van der Waals surface area contributed by atoms with Crippen molar-refractivity contribution < 1.29 is 0 Å². The molecule has 6 nitrogen and oxygen atoms in total. The van der Waals surface area contributed by atoms with Gasteiger partial charge in [0.05, 0.1) is 0 Å². The summed E-state index contributed by atoms with van der Waals surface area (Å²) < 4.78 is 0. The Hall–Kier alpha value is -2.21. The van der Waals surface area contributed by atoms with Crippen LogP contribution in [0.5, 0.6) is 0 Å². The van der Waals surface area contributed by atoms with Crippen LogP contribution >= 0.6 is 0 Å². The van der Waals surface area contributed by atoms with Gasteiger partial charge in [-0.05, 0) is 26.0 Å². The number of rotatable bonds is 5. The van der Waals surface area contributed by atoms with E-state index in [1.807, 2.05) is 38.9 Å². The number of pyridine rings is 1. The Bertz CT molecular complexity index is 707. The molecule has 0 aliphatic carbocycles. The molecule has 0 spiro atoms. The van der Waals surface area contributed by atoms with E-state index in [-0.39, 0.29) is 0 Å². The molecule has 1 aliphatic rings. The summed E-state index contributed by atoms with van der Waals surface area (Å²) in [6, 6.07) is 8.35. The first kappa shape index (κ1) is 17.6. The summed E-state index contributed by atoms with van der Waals surface area (Å²) in [5, 5.41) is 0. The number of anilines is 2. The standard InChI is InChI=1S/C19H28N6/c1-15-6-5-7-17(20-15)8-9-24-10-12-25(13-11-24)18-14-16(2)21-19(22-18)23(3)4/h5-7,14H,8-13H2,1-4H3. The molecule has 1 aliphatic heterocycles. The molecule has 2 aromatic heterocycles. The van der Waals surface area contributed by atoms with Crippen molar-refractivity contribution in [3.8, 4) is 0 Å². The van der Waals surface area contributed by atoms with Gasteiger partial charge in [0.15, 0.2) is 0 Å². The van der Waals surface area contributed by atoms with Crippen LogP contribution in [-0.4, -0.2) is 66.7 Å². The largest absolute Gasteiger partial charge is 0.354 e. The van der Waals surface area contributed by atoms with Crippen molar-refractivity contribution in [2.24, 2.45) is 0 Å². The number of nitrogens with zero attached hydrogens (tertiary/aromatic N) is 6. The summed E-state index contributed by atoms with van der Waals surface area (Å²) >= 11 is 0.